The van der Waals surface area contributed by atoms with Gasteiger partial charge in [-0.15, -0.1) is 0 Å². The van der Waals surface area contributed by atoms with E-state index in [-0.39, 0.29) is 22.3 Å². The quantitative estimate of drug-likeness (QED) is 0.578. The molecule has 2 aromatic heterocycles. The number of piperidine rings is 1. The molecule has 0 amide bonds. The average Bonchev–Trinajstić information content (AvgIpc) is 3.05. The van der Waals surface area contributed by atoms with Crippen LogP contribution < -0.4 is 10.4 Å². The van der Waals surface area contributed by atoms with Crippen molar-refractivity contribution in [3.05, 3.63) is 52.8 Å². The Hall–Kier alpha value is -2.72. The summed E-state index contributed by atoms with van der Waals surface area (Å²) in [5.41, 5.74) is 1.35. The monoisotopic (exact) mass is 448 g/mol. The summed E-state index contributed by atoms with van der Waals surface area (Å²) >= 11 is 0. The van der Waals surface area contributed by atoms with Crippen LogP contribution in [0.2, 0.25) is 0 Å². The van der Waals surface area contributed by atoms with Gasteiger partial charge in [-0.05, 0) is 56.0 Å². The van der Waals surface area contributed by atoms with Crippen LogP contribution in [0.5, 0.6) is 5.75 Å². The normalized spacial score (nSPS) is 16.1. The van der Waals surface area contributed by atoms with E-state index in [1.807, 2.05) is 19.1 Å². The van der Waals surface area contributed by atoms with Crippen LogP contribution in [0.1, 0.15) is 19.8 Å². The van der Waals surface area contributed by atoms with Crippen LogP contribution in [0, 0.1) is 11.7 Å². The van der Waals surface area contributed by atoms with Crippen LogP contribution in [-0.2, 0) is 23.1 Å². The van der Waals surface area contributed by atoms with Crippen LogP contribution in [0.25, 0.3) is 11.2 Å². The summed E-state index contributed by atoms with van der Waals surface area (Å²) in [6.07, 6.45) is 2.85. The molecule has 1 aliphatic rings. The highest BCUT2D eigenvalue weighted by atomic mass is 32.2. The highest BCUT2D eigenvalue weighted by Crippen LogP contribution is 2.30. The summed E-state index contributed by atoms with van der Waals surface area (Å²) in [6.45, 7) is 3.54. The van der Waals surface area contributed by atoms with E-state index < -0.39 is 15.8 Å². The van der Waals surface area contributed by atoms with Gasteiger partial charge in [0.15, 0.2) is 5.65 Å². The third-order valence-corrected chi connectivity index (χ3v) is 7.77. The lowest BCUT2D eigenvalue weighted by Crippen LogP contribution is -2.40. The summed E-state index contributed by atoms with van der Waals surface area (Å²) in [5, 5.41) is 0. The lowest BCUT2D eigenvalue weighted by atomic mass is 9.98. The van der Waals surface area contributed by atoms with Gasteiger partial charge in [-0.1, -0.05) is 0 Å². The Morgan fingerprint density at radius 3 is 2.61 bits per heavy atom. The van der Waals surface area contributed by atoms with Gasteiger partial charge in [-0.25, -0.2) is 22.6 Å². The predicted molar refractivity (Wildman–Crippen MR) is 114 cm³/mol. The van der Waals surface area contributed by atoms with Crippen molar-refractivity contribution in [3.8, 4) is 5.75 Å². The number of fused-ring (bicyclic) bond motifs is 1. The fraction of sp³-hybridized carbons (Fsp3) is 0.429. The van der Waals surface area contributed by atoms with Crippen molar-refractivity contribution in [2.45, 2.75) is 37.8 Å². The maximum absolute atomic E-state index is 13.7. The molecule has 1 fully saturated rings. The maximum atomic E-state index is 13.7. The molecule has 4 rings (SSSR count). The van der Waals surface area contributed by atoms with E-state index in [0.717, 1.165) is 11.6 Å². The van der Waals surface area contributed by atoms with Gasteiger partial charge in [0, 0.05) is 32.4 Å². The number of aryl methyl sites for hydroxylation is 1. The number of rotatable bonds is 6. The first-order valence-corrected chi connectivity index (χ1v) is 11.7. The van der Waals surface area contributed by atoms with Gasteiger partial charge in [-0.3, -0.25) is 9.13 Å². The third kappa shape index (κ3) is 3.85. The molecule has 0 N–H and O–H groups in total. The van der Waals surface area contributed by atoms with Crippen molar-refractivity contribution in [3.63, 3.8) is 0 Å². The van der Waals surface area contributed by atoms with Gasteiger partial charge >= 0.3 is 5.69 Å². The molecule has 1 saturated heterocycles. The van der Waals surface area contributed by atoms with E-state index in [0.29, 0.717) is 44.7 Å². The summed E-state index contributed by atoms with van der Waals surface area (Å²) in [6, 6.07) is 7.17. The zero-order valence-electron chi connectivity index (χ0n) is 17.5. The standard InChI is InChI=1S/C21H25FN4O4S/c1-3-25-17-5-4-10-23-20(17)26(21(25)27)14-15-8-11-24(12-9-15)31(28,29)19-13-16(22)6-7-18(19)30-2/h4-7,10,13,15H,3,8-9,11-12,14H2,1-2H3. The number of halogens is 1. The number of benzene rings is 1. The summed E-state index contributed by atoms with van der Waals surface area (Å²) in [5.74, 6) is -0.376. The van der Waals surface area contributed by atoms with E-state index in [9.17, 15) is 17.6 Å². The second-order valence-corrected chi connectivity index (χ2v) is 9.53. The minimum atomic E-state index is -3.88. The number of sulfonamides is 1. The molecule has 166 valence electrons. The SMILES string of the molecule is CCn1c(=O)n(CC2CCN(S(=O)(=O)c3cc(F)ccc3OC)CC2)c2ncccc21. The van der Waals surface area contributed by atoms with Gasteiger partial charge in [0.2, 0.25) is 10.0 Å². The third-order valence-electron chi connectivity index (χ3n) is 5.85. The van der Waals surface area contributed by atoms with Crippen molar-refractivity contribution < 1.29 is 17.5 Å². The fourth-order valence-electron chi connectivity index (χ4n) is 4.20. The molecule has 0 spiro atoms. The van der Waals surface area contributed by atoms with Crippen LogP contribution in [0.3, 0.4) is 0 Å². The molecule has 0 aliphatic carbocycles. The minimum absolute atomic E-state index is 0.101. The molecular weight excluding hydrogens is 423 g/mol. The average molecular weight is 449 g/mol. The Bertz CT molecular complexity index is 1260. The van der Waals surface area contributed by atoms with Crippen molar-refractivity contribution in [1.29, 1.82) is 0 Å². The number of hydrogen-bond donors (Lipinski definition) is 0. The lowest BCUT2D eigenvalue weighted by Gasteiger charge is -2.31. The zero-order chi connectivity index (χ0) is 22.2. The van der Waals surface area contributed by atoms with Gasteiger partial charge in [0.25, 0.3) is 0 Å². The molecule has 0 saturated carbocycles. The lowest BCUT2D eigenvalue weighted by molar-refractivity contribution is 0.251. The molecule has 3 aromatic rings. The topological polar surface area (TPSA) is 86.4 Å². The molecule has 31 heavy (non-hydrogen) atoms. The summed E-state index contributed by atoms with van der Waals surface area (Å²) < 4.78 is 49.7. The zero-order valence-corrected chi connectivity index (χ0v) is 18.3. The van der Waals surface area contributed by atoms with Crippen LogP contribution in [-0.4, -0.2) is 47.0 Å². The summed E-state index contributed by atoms with van der Waals surface area (Å²) in [4.78, 5) is 17.1. The number of pyridine rings is 1. The highest BCUT2D eigenvalue weighted by Gasteiger charge is 2.32. The Balaban J connectivity index is 1.53. The van der Waals surface area contributed by atoms with E-state index in [1.54, 1.807) is 15.3 Å². The largest absolute Gasteiger partial charge is 0.495 e. The second kappa shape index (κ2) is 8.43. The first-order chi connectivity index (χ1) is 14.9. The Labute approximate surface area is 179 Å². The molecule has 0 radical (unpaired) electrons. The van der Waals surface area contributed by atoms with Crippen molar-refractivity contribution >= 4 is 21.2 Å². The fourth-order valence-corrected chi connectivity index (χ4v) is 5.84. The molecular formula is C21H25FN4O4S. The van der Waals surface area contributed by atoms with Crippen LogP contribution in [0.4, 0.5) is 4.39 Å². The molecule has 8 nitrogen and oxygen atoms in total. The smallest absolute Gasteiger partial charge is 0.330 e. The van der Waals surface area contributed by atoms with Crippen molar-refractivity contribution in [2.75, 3.05) is 20.2 Å². The molecule has 0 unspecified atom stereocenters. The first-order valence-electron chi connectivity index (χ1n) is 10.2. The van der Waals surface area contributed by atoms with Crippen molar-refractivity contribution in [1.82, 2.24) is 18.4 Å². The molecule has 10 heteroatoms. The maximum Gasteiger partial charge on any atom is 0.330 e. The highest BCUT2D eigenvalue weighted by molar-refractivity contribution is 7.89. The first kappa shape index (κ1) is 21.5. The Kier molecular flexibility index (Phi) is 5.85. The Morgan fingerprint density at radius 1 is 1.19 bits per heavy atom. The van der Waals surface area contributed by atoms with Gasteiger partial charge in [0.05, 0.1) is 12.6 Å². The van der Waals surface area contributed by atoms with E-state index in [1.165, 1.54) is 23.5 Å². The minimum Gasteiger partial charge on any atom is -0.495 e. The predicted octanol–water partition coefficient (Wildman–Crippen LogP) is 2.47. The van der Waals surface area contributed by atoms with E-state index >= 15 is 0 Å². The Morgan fingerprint density at radius 2 is 1.94 bits per heavy atom. The number of ether oxygens (including phenoxy) is 1. The molecule has 3 heterocycles. The molecule has 1 aliphatic heterocycles. The second-order valence-electron chi connectivity index (χ2n) is 7.63. The number of nitrogens with zero attached hydrogens (tertiary/aromatic N) is 4. The van der Waals surface area contributed by atoms with Gasteiger partial charge in [0.1, 0.15) is 16.5 Å². The van der Waals surface area contributed by atoms with Crippen LogP contribution in [0.15, 0.2) is 46.2 Å². The molecule has 0 atom stereocenters. The number of hydrogen-bond acceptors (Lipinski definition) is 5. The summed E-state index contributed by atoms with van der Waals surface area (Å²) in [7, 11) is -2.52. The van der Waals surface area contributed by atoms with E-state index in [4.69, 9.17) is 4.74 Å². The van der Waals surface area contributed by atoms with Gasteiger partial charge < -0.3 is 4.74 Å². The number of aromatic nitrogens is 3. The number of methoxy groups -OCH3 is 1. The van der Waals surface area contributed by atoms with Crippen LogP contribution >= 0.6 is 0 Å². The molecule has 0 bridgehead atoms. The van der Waals surface area contributed by atoms with Crippen molar-refractivity contribution in [2.24, 2.45) is 5.92 Å². The number of imidazole rings is 1. The van der Waals surface area contributed by atoms with E-state index in [2.05, 4.69) is 4.98 Å². The molecule has 1 aromatic carbocycles. The van der Waals surface area contributed by atoms with Gasteiger partial charge in [-0.2, -0.15) is 4.31 Å².